The highest BCUT2D eigenvalue weighted by molar-refractivity contribution is 6.39. The maximum absolute atomic E-state index is 12.3. The number of carbonyl (C=O) groups is 1. The van der Waals surface area contributed by atoms with Gasteiger partial charge in [0.05, 0.1) is 27.4 Å². The molecule has 24 heavy (non-hydrogen) atoms. The topological polar surface area (TPSA) is 90.0 Å². The highest BCUT2D eigenvalue weighted by atomic mass is 35.5. The Morgan fingerprint density at radius 3 is 2.58 bits per heavy atom. The second-order valence-corrected chi connectivity index (χ2v) is 5.90. The van der Waals surface area contributed by atoms with E-state index in [9.17, 15) is 9.59 Å². The van der Waals surface area contributed by atoms with Crippen molar-refractivity contribution in [2.45, 2.75) is 6.54 Å². The average Bonchev–Trinajstić information content (AvgIpc) is 2.55. The standard InChI is InChI=1S/C16H12Cl2N4O2/c17-11-5-9(6-12(18)16(11)19)21-15(24)8-22-13-4-2-1-3-10(13)14(23)7-20-22/h1-7H,8,19H2,(H,21,24). The molecule has 0 saturated heterocycles. The molecule has 0 unspecified atom stereocenters. The first-order valence-corrected chi connectivity index (χ1v) is 7.70. The van der Waals surface area contributed by atoms with Crippen LogP contribution in [0.1, 0.15) is 0 Å². The molecule has 0 aliphatic carbocycles. The fourth-order valence-electron chi connectivity index (χ4n) is 2.28. The van der Waals surface area contributed by atoms with E-state index in [-0.39, 0.29) is 33.6 Å². The lowest BCUT2D eigenvalue weighted by molar-refractivity contribution is -0.116. The predicted octanol–water partition coefficient (Wildman–Crippen LogP) is 2.92. The first-order valence-electron chi connectivity index (χ1n) is 6.95. The predicted molar refractivity (Wildman–Crippen MR) is 95.5 cm³/mol. The van der Waals surface area contributed by atoms with E-state index in [4.69, 9.17) is 28.9 Å². The van der Waals surface area contributed by atoms with Crippen LogP contribution in [0.25, 0.3) is 10.9 Å². The van der Waals surface area contributed by atoms with Crippen LogP contribution in [0, 0.1) is 0 Å². The number of para-hydroxylation sites is 1. The van der Waals surface area contributed by atoms with E-state index in [1.54, 1.807) is 24.3 Å². The van der Waals surface area contributed by atoms with Crippen LogP contribution in [0.2, 0.25) is 10.0 Å². The molecule has 0 atom stereocenters. The van der Waals surface area contributed by atoms with Gasteiger partial charge in [0.15, 0.2) is 0 Å². The fraction of sp³-hybridized carbons (Fsp3) is 0.0625. The first kappa shape index (κ1) is 16.3. The summed E-state index contributed by atoms with van der Waals surface area (Å²) in [6, 6.07) is 9.97. The van der Waals surface area contributed by atoms with Gasteiger partial charge < -0.3 is 11.1 Å². The van der Waals surface area contributed by atoms with Gasteiger partial charge >= 0.3 is 0 Å². The number of fused-ring (bicyclic) bond motifs is 1. The third-order valence-electron chi connectivity index (χ3n) is 3.42. The molecule has 3 rings (SSSR count). The summed E-state index contributed by atoms with van der Waals surface area (Å²) in [5.41, 5.74) is 6.72. The third kappa shape index (κ3) is 3.20. The highest BCUT2D eigenvalue weighted by Gasteiger charge is 2.10. The van der Waals surface area contributed by atoms with Crippen LogP contribution in [0.4, 0.5) is 11.4 Å². The van der Waals surface area contributed by atoms with Gasteiger partial charge in [0.1, 0.15) is 6.54 Å². The van der Waals surface area contributed by atoms with E-state index in [1.165, 1.54) is 23.0 Å². The number of nitrogens with two attached hydrogens (primary N) is 1. The van der Waals surface area contributed by atoms with E-state index in [0.29, 0.717) is 16.6 Å². The van der Waals surface area contributed by atoms with Crippen LogP contribution in [0.15, 0.2) is 47.4 Å². The van der Waals surface area contributed by atoms with Gasteiger partial charge in [0.2, 0.25) is 11.3 Å². The maximum atomic E-state index is 12.3. The monoisotopic (exact) mass is 362 g/mol. The largest absolute Gasteiger partial charge is 0.396 e. The van der Waals surface area contributed by atoms with Crippen LogP contribution in [0.5, 0.6) is 0 Å². The Morgan fingerprint density at radius 2 is 1.88 bits per heavy atom. The molecule has 1 amide bonds. The minimum absolute atomic E-state index is 0.0690. The molecule has 0 bridgehead atoms. The molecule has 122 valence electrons. The maximum Gasteiger partial charge on any atom is 0.246 e. The number of benzene rings is 2. The number of amides is 1. The third-order valence-corrected chi connectivity index (χ3v) is 4.04. The summed E-state index contributed by atoms with van der Waals surface area (Å²) < 4.78 is 1.45. The number of rotatable bonds is 3. The van der Waals surface area contributed by atoms with Gasteiger partial charge in [0, 0.05) is 11.1 Å². The van der Waals surface area contributed by atoms with Crippen LogP contribution < -0.4 is 16.5 Å². The number of carbonyl (C=O) groups excluding carboxylic acids is 1. The van der Waals surface area contributed by atoms with Gasteiger partial charge in [-0.2, -0.15) is 5.10 Å². The Balaban J connectivity index is 1.86. The van der Waals surface area contributed by atoms with Gasteiger partial charge in [0.25, 0.3) is 0 Å². The molecule has 1 heterocycles. The molecule has 8 heteroatoms. The minimum Gasteiger partial charge on any atom is -0.396 e. The SMILES string of the molecule is Nc1c(Cl)cc(NC(=O)Cn2ncc(=O)c3ccccc32)cc1Cl. The summed E-state index contributed by atoms with van der Waals surface area (Å²) in [7, 11) is 0. The second-order valence-electron chi connectivity index (χ2n) is 5.09. The second kappa shape index (κ2) is 6.51. The Morgan fingerprint density at radius 1 is 1.21 bits per heavy atom. The van der Waals surface area contributed by atoms with Crippen molar-refractivity contribution in [1.82, 2.24) is 9.78 Å². The summed E-state index contributed by atoms with van der Waals surface area (Å²) in [5, 5.41) is 7.69. The molecule has 6 nitrogen and oxygen atoms in total. The summed E-state index contributed by atoms with van der Waals surface area (Å²) in [5.74, 6) is -0.340. The van der Waals surface area contributed by atoms with Gasteiger partial charge in [-0.15, -0.1) is 0 Å². The van der Waals surface area contributed by atoms with Gasteiger partial charge in [-0.05, 0) is 24.3 Å². The highest BCUT2D eigenvalue weighted by Crippen LogP contribution is 2.31. The zero-order valence-corrected chi connectivity index (χ0v) is 13.8. The molecule has 2 aromatic carbocycles. The van der Waals surface area contributed by atoms with E-state index < -0.39 is 0 Å². The number of halogens is 2. The zero-order valence-electron chi connectivity index (χ0n) is 12.3. The van der Waals surface area contributed by atoms with E-state index in [2.05, 4.69) is 10.4 Å². The molecule has 0 fully saturated rings. The Hall–Kier alpha value is -2.57. The molecule has 3 aromatic rings. The van der Waals surface area contributed by atoms with Crippen molar-refractivity contribution in [3.05, 3.63) is 62.9 Å². The van der Waals surface area contributed by atoms with Crippen molar-refractivity contribution in [1.29, 1.82) is 0 Å². The smallest absolute Gasteiger partial charge is 0.246 e. The van der Waals surface area contributed by atoms with E-state index in [1.807, 2.05) is 0 Å². The molecule has 0 saturated carbocycles. The lowest BCUT2D eigenvalue weighted by Crippen LogP contribution is -2.22. The van der Waals surface area contributed by atoms with Crippen molar-refractivity contribution >= 4 is 51.4 Å². The Labute approximate surface area is 146 Å². The van der Waals surface area contributed by atoms with Gasteiger partial charge in [-0.1, -0.05) is 35.3 Å². The molecular weight excluding hydrogens is 351 g/mol. The van der Waals surface area contributed by atoms with Gasteiger partial charge in [-0.3, -0.25) is 14.3 Å². The van der Waals surface area contributed by atoms with Crippen molar-refractivity contribution in [3.63, 3.8) is 0 Å². The summed E-state index contributed by atoms with van der Waals surface area (Å²) in [6.07, 6.45) is 1.19. The Bertz CT molecular complexity index is 978. The van der Waals surface area contributed by atoms with E-state index >= 15 is 0 Å². The normalized spacial score (nSPS) is 10.8. The Kier molecular flexibility index (Phi) is 4.42. The lowest BCUT2D eigenvalue weighted by atomic mass is 10.2. The molecular formula is C16H12Cl2N4O2. The van der Waals surface area contributed by atoms with Crippen molar-refractivity contribution in [2.75, 3.05) is 11.1 Å². The number of hydrogen-bond acceptors (Lipinski definition) is 4. The number of hydrogen-bond donors (Lipinski definition) is 2. The number of nitrogen functional groups attached to an aromatic ring is 1. The quantitative estimate of drug-likeness (QED) is 0.700. The molecule has 3 N–H and O–H groups in total. The fourth-order valence-corrected chi connectivity index (χ4v) is 2.77. The minimum atomic E-state index is -0.340. The first-order chi connectivity index (χ1) is 11.5. The van der Waals surface area contributed by atoms with E-state index in [0.717, 1.165) is 0 Å². The van der Waals surface area contributed by atoms with Crippen LogP contribution in [0.3, 0.4) is 0 Å². The van der Waals surface area contributed by atoms with Crippen molar-refractivity contribution in [3.8, 4) is 0 Å². The number of anilines is 2. The zero-order chi connectivity index (χ0) is 17.3. The summed E-state index contributed by atoms with van der Waals surface area (Å²) in [4.78, 5) is 24.0. The molecule has 0 radical (unpaired) electrons. The average molecular weight is 363 g/mol. The molecule has 0 aliphatic rings. The molecule has 1 aromatic heterocycles. The summed E-state index contributed by atoms with van der Waals surface area (Å²) in [6.45, 7) is -0.0690. The molecule has 0 spiro atoms. The number of aromatic nitrogens is 2. The molecule has 0 aliphatic heterocycles. The van der Waals surface area contributed by atoms with Gasteiger partial charge in [-0.25, -0.2) is 0 Å². The van der Waals surface area contributed by atoms with Crippen molar-refractivity contribution < 1.29 is 4.79 Å². The number of nitrogens with one attached hydrogen (secondary N) is 1. The van der Waals surface area contributed by atoms with Crippen LogP contribution in [-0.4, -0.2) is 15.7 Å². The van der Waals surface area contributed by atoms with Crippen LogP contribution in [-0.2, 0) is 11.3 Å². The lowest BCUT2D eigenvalue weighted by Gasteiger charge is -2.11. The number of nitrogens with zero attached hydrogens (tertiary/aromatic N) is 2. The van der Waals surface area contributed by atoms with Crippen LogP contribution >= 0.6 is 23.2 Å². The van der Waals surface area contributed by atoms with Crippen molar-refractivity contribution in [2.24, 2.45) is 0 Å². The summed E-state index contributed by atoms with van der Waals surface area (Å²) >= 11 is 11.9.